The van der Waals surface area contributed by atoms with Crippen molar-refractivity contribution in [3.8, 4) is 0 Å². The number of carbonyl (C=O) groups excluding carboxylic acids is 1. The first-order valence-corrected chi connectivity index (χ1v) is 9.96. The Morgan fingerprint density at radius 1 is 0.821 bits per heavy atom. The van der Waals surface area contributed by atoms with E-state index in [1.54, 1.807) is 4.90 Å². The summed E-state index contributed by atoms with van der Waals surface area (Å²) in [5, 5.41) is 0. The molecule has 0 heterocycles. The molecule has 2 aromatic carbocycles. The minimum absolute atomic E-state index is 0.0820. The van der Waals surface area contributed by atoms with Crippen LogP contribution in [0.15, 0.2) is 24.3 Å². The molecule has 0 saturated carbocycles. The zero-order valence-corrected chi connectivity index (χ0v) is 19.2. The number of likely N-dealkylation sites (N-methyl/N-ethyl adjacent to an activating group) is 1. The lowest BCUT2D eigenvalue weighted by Crippen LogP contribution is -2.63. The SMILES string of the molecule is Cc1ccccc1N(C)C(=O)C(C)(N)C(C)(C)c1c(C)c(C)c(C)c(C)c1C. The van der Waals surface area contributed by atoms with Crippen molar-refractivity contribution < 1.29 is 4.79 Å². The molecule has 152 valence electrons. The van der Waals surface area contributed by atoms with Gasteiger partial charge in [-0.2, -0.15) is 0 Å². The van der Waals surface area contributed by atoms with E-state index < -0.39 is 11.0 Å². The van der Waals surface area contributed by atoms with Crippen molar-refractivity contribution in [1.29, 1.82) is 0 Å². The number of hydrogen-bond acceptors (Lipinski definition) is 2. The van der Waals surface area contributed by atoms with Gasteiger partial charge in [0.05, 0.1) is 0 Å². The van der Waals surface area contributed by atoms with Crippen molar-refractivity contribution >= 4 is 11.6 Å². The average molecular weight is 381 g/mol. The third-order valence-electron chi connectivity index (χ3n) is 7.15. The number of anilines is 1. The summed E-state index contributed by atoms with van der Waals surface area (Å²) in [6.45, 7) is 18.9. The molecule has 0 bridgehead atoms. The predicted octanol–water partition coefficient (Wildman–Crippen LogP) is 5.20. The van der Waals surface area contributed by atoms with Crippen LogP contribution in [0.5, 0.6) is 0 Å². The second-order valence-electron chi connectivity index (χ2n) is 8.98. The maximum absolute atomic E-state index is 13.6. The fourth-order valence-corrected chi connectivity index (χ4v) is 4.36. The summed E-state index contributed by atoms with van der Waals surface area (Å²) >= 11 is 0. The Morgan fingerprint density at radius 2 is 1.25 bits per heavy atom. The van der Waals surface area contributed by atoms with Crippen molar-refractivity contribution in [3.05, 3.63) is 63.2 Å². The molecule has 1 amide bonds. The van der Waals surface area contributed by atoms with E-state index in [4.69, 9.17) is 5.73 Å². The molecule has 0 aliphatic carbocycles. The van der Waals surface area contributed by atoms with Crippen molar-refractivity contribution in [2.75, 3.05) is 11.9 Å². The molecule has 1 atom stereocenters. The first-order chi connectivity index (χ1) is 12.8. The number of rotatable bonds is 4. The molecule has 2 N–H and O–H groups in total. The number of nitrogens with two attached hydrogens (primary N) is 1. The molecular weight excluding hydrogens is 344 g/mol. The van der Waals surface area contributed by atoms with Crippen LogP contribution in [-0.2, 0) is 10.2 Å². The maximum Gasteiger partial charge on any atom is 0.247 e. The van der Waals surface area contributed by atoms with E-state index in [-0.39, 0.29) is 5.91 Å². The third kappa shape index (κ3) is 3.26. The van der Waals surface area contributed by atoms with E-state index in [1.807, 2.05) is 45.2 Å². The lowest BCUT2D eigenvalue weighted by molar-refractivity contribution is -0.125. The van der Waals surface area contributed by atoms with Gasteiger partial charge in [0.15, 0.2) is 0 Å². The molecule has 1 unspecified atom stereocenters. The Balaban J connectivity index is 2.62. The van der Waals surface area contributed by atoms with Gasteiger partial charge in [-0.3, -0.25) is 4.79 Å². The van der Waals surface area contributed by atoms with Crippen molar-refractivity contribution in [1.82, 2.24) is 0 Å². The van der Waals surface area contributed by atoms with Gasteiger partial charge in [-0.25, -0.2) is 0 Å². The Hall–Kier alpha value is -2.13. The summed E-state index contributed by atoms with van der Waals surface area (Å²) in [4.78, 5) is 15.3. The highest BCUT2D eigenvalue weighted by molar-refractivity contribution is 6.01. The van der Waals surface area contributed by atoms with Gasteiger partial charge in [0.2, 0.25) is 5.91 Å². The molecule has 28 heavy (non-hydrogen) atoms. The lowest BCUT2D eigenvalue weighted by atomic mass is 9.64. The van der Waals surface area contributed by atoms with Crippen molar-refractivity contribution in [2.45, 2.75) is 73.3 Å². The van der Waals surface area contributed by atoms with E-state index in [1.165, 1.54) is 33.4 Å². The summed E-state index contributed by atoms with van der Waals surface area (Å²) in [6, 6.07) is 7.91. The van der Waals surface area contributed by atoms with E-state index >= 15 is 0 Å². The molecule has 2 rings (SSSR count). The zero-order valence-electron chi connectivity index (χ0n) is 19.2. The molecule has 0 aromatic heterocycles. The highest BCUT2D eigenvalue weighted by Crippen LogP contribution is 2.41. The monoisotopic (exact) mass is 380 g/mol. The van der Waals surface area contributed by atoms with Crippen molar-refractivity contribution in [2.24, 2.45) is 5.73 Å². The molecule has 0 spiro atoms. The second kappa shape index (κ2) is 7.36. The fourth-order valence-electron chi connectivity index (χ4n) is 4.36. The highest BCUT2D eigenvalue weighted by Gasteiger charge is 2.48. The highest BCUT2D eigenvalue weighted by atomic mass is 16.2. The molecule has 3 heteroatoms. The van der Waals surface area contributed by atoms with Crippen LogP contribution in [-0.4, -0.2) is 18.5 Å². The van der Waals surface area contributed by atoms with Crippen molar-refractivity contribution in [3.63, 3.8) is 0 Å². The van der Waals surface area contributed by atoms with Crippen LogP contribution in [0, 0.1) is 41.5 Å². The summed E-state index contributed by atoms with van der Waals surface area (Å²) < 4.78 is 0. The minimum Gasteiger partial charge on any atom is -0.317 e. The molecule has 2 aromatic rings. The number of amides is 1. The Bertz CT molecular complexity index is 893. The van der Waals surface area contributed by atoms with Gasteiger partial charge in [-0.05, 0) is 93.5 Å². The molecule has 3 nitrogen and oxygen atoms in total. The number of carbonyl (C=O) groups is 1. The first kappa shape index (κ1) is 22.2. The number of hydrogen-bond donors (Lipinski definition) is 1. The molecule has 0 fully saturated rings. The van der Waals surface area contributed by atoms with Crippen LogP contribution < -0.4 is 10.6 Å². The van der Waals surface area contributed by atoms with E-state index in [0.717, 1.165) is 11.3 Å². The van der Waals surface area contributed by atoms with Crippen LogP contribution >= 0.6 is 0 Å². The summed E-state index contributed by atoms with van der Waals surface area (Å²) in [6.07, 6.45) is 0. The van der Waals surface area contributed by atoms with Crippen LogP contribution in [0.25, 0.3) is 0 Å². The molecular formula is C25H36N2O. The molecule has 0 saturated heterocycles. The maximum atomic E-state index is 13.6. The molecule has 0 aliphatic rings. The van der Waals surface area contributed by atoms with E-state index in [2.05, 4.69) is 48.5 Å². The van der Waals surface area contributed by atoms with E-state index in [0.29, 0.717) is 0 Å². The number of benzene rings is 2. The van der Waals surface area contributed by atoms with Crippen LogP contribution in [0.1, 0.15) is 59.7 Å². The average Bonchev–Trinajstić information content (AvgIpc) is 2.63. The van der Waals surface area contributed by atoms with Gasteiger partial charge < -0.3 is 10.6 Å². The Labute approximate surface area is 170 Å². The van der Waals surface area contributed by atoms with Gasteiger partial charge in [-0.1, -0.05) is 32.0 Å². The van der Waals surface area contributed by atoms with Gasteiger partial charge in [-0.15, -0.1) is 0 Å². The summed E-state index contributed by atoms with van der Waals surface area (Å²) in [5.74, 6) is -0.0820. The third-order valence-corrected chi connectivity index (χ3v) is 7.15. The smallest absolute Gasteiger partial charge is 0.247 e. The number of aryl methyl sites for hydroxylation is 1. The largest absolute Gasteiger partial charge is 0.317 e. The van der Waals surface area contributed by atoms with Gasteiger partial charge >= 0.3 is 0 Å². The molecule has 0 radical (unpaired) electrons. The van der Waals surface area contributed by atoms with Crippen LogP contribution in [0.2, 0.25) is 0 Å². The predicted molar refractivity (Wildman–Crippen MR) is 120 cm³/mol. The summed E-state index contributed by atoms with van der Waals surface area (Å²) in [5.41, 5.74) is 14.7. The Morgan fingerprint density at radius 3 is 1.71 bits per heavy atom. The quantitative estimate of drug-likeness (QED) is 0.793. The topological polar surface area (TPSA) is 46.3 Å². The first-order valence-electron chi connectivity index (χ1n) is 9.96. The fraction of sp³-hybridized carbons (Fsp3) is 0.480. The lowest BCUT2D eigenvalue weighted by Gasteiger charge is -2.44. The minimum atomic E-state index is -1.08. The zero-order chi connectivity index (χ0) is 21.6. The second-order valence-corrected chi connectivity index (χ2v) is 8.98. The summed E-state index contributed by atoms with van der Waals surface area (Å²) in [7, 11) is 1.82. The number of nitrogens with zero attached hydrogens (tertiary/aromatic N) is 1. The normalized spacial score (nSPS) is 14.0. The Kier molecular flexibility index (Phi) is 5.83. The standard InChI is InChI=1S/C25H36N2O/c1-15-13-11-12-14-21(15)27(10)23(28)25(9,26)24(7,8)22-19(5)17(3)16(2)18(4)20(22)6/h11-14H,26H2,1-10H3. The van der Waals surface area contributed by atoms with Gasteiger partial charge in [0.25, 0.3) is 0 Å². The van der Waals surface area contributed by atoms with Gasteiger partial charge in [0, 0.05) is 18.2 Å². The van der Waals surface area contributed by atoms with Gasteiger partial charge in [0.1, 0.15) is 5.54 Å². The van der Waals surface area contributed by atoms with Crippen LogP contribution in [0.3, 0.4) is 0 Å². The van der Waals surface area contributed by atoms with E-state index in [9.17, 15) is 4.79 Å². The molecule has 0 aliphatic heterocycles. The van der Waals surface area contributed by atoms with Crippen LogP contribution in [0.4, 0.5) is 5.69 Å². The number of para-hydroxylation sites is 1.